The van der Waals surface area contributed by atoms with Crippen LogP contribution < -0.4 is 11.5 Å². The maximum atomic E-state index is 8.28. The van der Waals surface area contributed by atoms with E-state index in [2.05, 4.69) is 0 Å². The lowest BCUT2D eigenvalue weighted by molar-refractivity contribution is 0.221. The monoisotopic (exact) mass is 178 g/mol. The van der Waals surface area contributed by atoms with E-state index in [-0.39, 0.29) is 13.2 Å². The van der Waals surface area contributed by atoms with E-state index in [1.165, 1.54) is 0 Å². The molecule has 0 aliphatic rings. The summed E-state index contributed by atoms with van der Waals surface area (Å²) < 4.78 is 0. The lowest BCUT2D eigenvalue weighted by Gasteiger charge is -2.12. The molecule has 0 atom stereocenters. The van der Waals surface area contributed by atoms with Crippen LogP contribution in [0.2, 0.25) is 0 Å². The largest absolute Gasteiger partial charge is 0.394 e. The lowest BCUT2D eigenvalue weighted by Crippen LogP contribution is -2.35. The summed E-state index contributed by atoms with van der Waals surface area (Å²) >= 11 is 0. The van der Waals surface area contributed by atoms with Crippen LogP contribution in [0.4, 0.5) is 0 Å². The van der Waals surface area contributed by atoms with Gasteiger partial charge in [0.05, 0.1) is 13.2 Å². The number of hydrogen-bond donors (Lipinski definition) is 4. The molecule has 0 aliphatic carbocycles. The van der Waals surface area contributed by atoms with Crippen LogP contribution in [-0.2, 0) is 0 Å². The summed E-state index contributed by atoms with van der Waals surface area (Å²) in [6, 6.07) is 0. The highest BCUT2D eigenvalue weighted by atomic mass is 16.3. The van der Waals surface area contributed by atoms with Crippen molar-refractivity contribution in [2.45, 2.75) is 38.8 Å². The van der Waals surface area contributed by atoms with Crippen molar-refractivity contribution < 1.29 is 10.2 Å². The first-order valence-corrected chi connectivity index (χ1v) is 3.92. The zero-order chi connectivity index (χ0) is 10.4. The quantitative estimate of drug-likeness (QED) is 0.456. The first kappa shape index (κ1) is 14.4. The molecule has 4 nitrogen and oxygen atoms in total. The fourth-order valence-corrected chi connectivity index (χ4v) is 0. The van der Waals surface area contributed by atoms with E-state index in [0.29, 0.717) is 0 Å². The molecule has 0 rings (SSSR count). The Morgan fingerprint density at radius 2 is 0.917 bits per heavy atom. The van der Waals surface area contributed by atoms with Gasteiger partial charge in [0.15, 0.2) is 0 Å². The summed E-state index contributed by atoms with van der Waals surface area (Å²) in [5.41, 5.74) is 9.76. The van der Waals surface area contributed by atoms with E-state index in [0.717, 1.165) is 0 Å². The second-order valence-corrected chi connectivity index (χ2v) is 4.29. The first-order valence-electron chi connectivity index (χ1n) is 3.92. The van der Waals surface area contributed by atoms with Crippen LogP contribution in [0.1, 0.15) is 27.7 Å². The van der Waals surface area contributed by atoms with Gasteiger partial charge in [0, 0.05) is 11.1 Å². The van der Waals surface area contributed by atoms with E-state index < -0.39 is 11.1 Å². The van der Waals surface area contributed by atoms with Gasteiger partial charge < -0.3 is 21.7 Å². The van der Waals surface area contributed by atoms with Crippen molar-refractivity contribution in [1.29, 1.82) is 0 Å². The number of aliphatic hydroxyl groups is 2. The molecule has 0 aromatic rings. The molecule has 0 aromatic heterocycles. The standard InChI is InChI=1S/2C4H11NO/c2*1-4(2,5)3-6/h2*6H,3,5H2,1-2H3. The first-order chi connectivity index (χ1) is 5.12. The van der Waals surface area contributed by atoms with Crippen LogP contribution in [0.15, 0.2) is 0 Å². The topological polar surface area (TPSA) is 92.5 Å². The van der Waals surface area contributed by atoms with E-state index in [1.807, 2.05) is 0 Å². The molecule has 0 radical (unpaired) electrons. The van der Waals surface area contributed by atoms with Gasteiger partial charge in [-0.25, -0.2) is 0 Å². The molecule has 0 saturated carbocycles. The zero-order valence-corrected chi connectivity index (χ0v) is 8.46. The molecule has 0 aliphatic heterocycles. The Morgan fingerprint density at radius 1 is 0.833 bits per heavy atom. The van der Waals surface area contributed by atoms with Gasteiger partial charge in [-0.1, -0.05) is 0 Å². The fourth-order valence-electron chi connectivity index (χ4n) is 0. The Hall–Kier alpha value is -0.160. The Labute approximate surface area is 74.6 Å². The van der Waals surface area contributed by atoms with E-state index >= 15 is 0 Å². The van der Waals surface area contributed by atoms with Crippen molar-refractivity contribution in [3.8, 4) is 0 Å². The normalized spacial score (nSPS) is 12.0. The number of rotatable bonds is 2. The Morgan fingerprint density at radius 3 is 0.917 bits per heavy atom. The minimum absolute atomic E-state index is 0.0486. The van der Waals surface area contributed by atoms with Crippen molar-refractivity contribution in [3.05, 3.63) is 0 Å². The molecule has 76 valence electrons. The van der Waals surface area contributed by atoms with Crippen LogP contribution >= 0.6 is 0 Å². The molecule has 0 amide bonds. The Kier molecular flexibility index (Phi) is 6.56. The smallest absolute Gasteiger partial charge is 0.0605 e. The second kappa shape index (κ2) is 5.48. The number of hydrogen-bond acceptors (Lipinski definition) is 4. The van der Waals surface area contributed by atoms with E-state index in [1.54, 1.807) is 27.7 Å². The molecule has 0 fully saturated rings. The summed E-state index contributed by atoms with van der Waals surface area (Å²) in [7, 11) is 0. The minimum atomic E-state index is -0.403. The van der Waals surface area contributed by atoms with Crippen molar-refractivity contribution in [2.75, 3.05) is 13.2 Å². The molecule has 0 unspecified atom stereocenters. The lowest BCUT2D eigenvalue weighted by atomic mass is 10.1. The molecule has 0 heterocycles. The summed E-state index contributed by atoms with van der Waals surface area (Å²) in [5, 5.41) is 16.6. The van der Waals surface area contributed by atoms with E-state index in [4.69, 9.17) is 21.7 Å². The summed E-state index contributed by atoms with van der Waals surface area (Å²) in [5.74, 6) is 0. The highest BCUT2D eigenvalue weighted by molar-refractivity contribution is 4.68. The predicted octanol–water partition coefficient (Wildman–Crippen LogP) is -0.568. The number of aliphatic hydroxyl groups excluding tert-OH is 2. The average molecular weight is 178 g/mol. The molecule has 12 heavy (non-hydrogen) atoms. The van der Waals surface area contributed by atoms with Crippen molar-refractivity contribution in [2.24, 2.45) is 11.5 Å². The van der Waals surface area contributed by atoms with Crippen molar-refractivity contribution >= 4 is 0 Å². The van der Waals surface area contributed by atoms with Crippen LogP contribution in [0.25, 0.3) is 0 Å². The predicted molar refractivity (Wildman–Crippen MR) is 50.7 cm³/mol. The van der Waals surface area contributed by atoms with Gasteiger partial charge in [0.2, 0.25) is 0 Å². The highest BCUT2D eigenvalue weighted by Gasteiger charge is 2.05. The molecule has 0 saturated heterocycles. The minimum Gasteiger partial charge on any atom is -0.394 e. The number of nitrogens with two attached hydrogens (primary N) is 2. The molecular weight excluding hydrogens is 156 g/mol. The maximum absolute atomic E-state index is 8.28. The summed E-state index contributed by atoms with van der Waals surface area (Å²) in [6.45, 7) is 7.18. The van der Waals surface area contributed by atoms with Crippen LogP contribution in [-0.4, -0.2) is 34.5 Å². The summed E-state index contributed by atoms with van der Waals surface area (Å²) in [4.78, 5) is 0. The van der Waals surface area contributed by atoms with Gasteiger partial charge in [-0.2, -0.15) is 0 Å². The molecule has 6 N–H and O–H groups in total. The van der Waals surface area contributed by atoms with Crippen molar-refractivity contribution in [1.82, 2.24) is 0 Å². The third-order valence-corrected chi connectivity index (χ3v) is 0.815. The van der Waals surface area contributed by atoms with Crippen LogP contribution in [0, 0.1) is 0 Å². The molecular formula is C8H22N2O2. The maximum Gasteiger partial charge on any atom is 0.0605 e. The average Bonchev–Trinajstić information content (AvgIpc) is 1.86. The Balaban J connectivity index is 0. The molecule has 4 heteroatoms. The van der Waals surface area contributed by atoms with Gasteiger partial charge in [-0.3, -0.25) is 0 Å². The third kappa shape index (κ3) is 22.5. The fraction of sp³-hybridized carbons (Fsp3) is 1.00. The zero-order valence-electron chi connectivity index (χ0n) is 8.46. The van der Waals surface area contributed by atoms with Gasteiger partial charge in [-0.15, -0.1) is 0 Å². The van der Waals surface area contributed by atoms with Crippen molar-refractivity contribution in [3.63, 3.8) is 0 Å². The van der Waals surface area contributed by atoms with Crippen LogP contribution in [0.3, 0.4) is 0 Å². The van der Waals surface area contributed by atoms with E-state index in [9.17, 15) is 0 Å². The molecule has 0 spiro atoms. The molecule has 0 bridgehead atoms. The van der Waals surface area contributed by atoms with Crippen LogP contribution in [0.5, 0.6) is 0 Å². The summed E-state index contributed by atoms with van der Waals surface area (Å²) in [6.07, 6.45) is 0. The highest BCUT2D eigenvalue weighted by Crippen LogP contribution is 1.90. The van der Waals surface area contributed by atoms with Gasteiger partial charge in [-0.05, 0) is 27.7 Å². The van der Waals surface area contributed by atoms with Gasteiger partial charge in [0.25, 0.3) is 0 Å². The second-order valence-electron chi connectivity index (χ2n) is 4.29. The Bertz CT molecular complexity index is 88.6. The molecule has 0 aromatic carbocycles. The van der Waals surface area contributed by atoms with Gasteiger partial charge in [0.1, 0.15) is 0 Å². The van der Waals surface area contributed by atoms with Gasteiger partial charge >= 0.3 is 0 Å². The third-order valence-electron chi connectivity index (χ3n) is 0.815. The SMILES string of the molecule is CC(C)(N)CO.CC(C)(N)CO.